The predicted molar refractivity (Wildman–Crippen MR) is 110 cm³/mol. The number of para-hydroxylation sites is 4. The van der Waals surface area contributed by atoms with E-state index in [1.54, 1.807) is 11.8 Å². The fourth-order valence-electron chi connectivity index (χ4n) is 3.18. The molecule has 0 radical (unpaired) electrons. The number of hydrogen-bond acceptors (Lipinski definition) is 4. The van der Waals surface area contributed by atoms with Crippen molar-refractivity contribution in [1.29, 1.82) is 0 Å². The highest BCUT2D eigenvalue weighted by Gasteiger charge is 2.13. The maximum absolute atomic E-state index is 12.5. The first-order valence-corrected chi connectivity index (χ1v) is 10.3. The number of rotatable bonds is 7. The number of H-pyrrole nitrogens is 1. The van der Waals surface area contributed by atoms with Crippen molar-refractivity contribution >= 4 is 39.7 Å². The SMILES string of the molecule is CSCc1nc2ccccc2n1CC(=O)NCCc1nc2ccccc2[nH]1. The van der Waals surface area contributed by atoms with E-state index in [9.17, 15) is 4.79 Å². The number of carbonyl (C=O) groups is 1. The molecule has 1 amide bonds. The topological polar surface area (TPSA) is 75.6 Å². The van der Waals surface area contributed by atoms with Gasteiger partial charge < -0.3 is 14.9 Å². The minimum absolute atomic E-state index is 0.0170. The van der Waals surface area contributed by atoms with Crippen LogP contribution in [0.2, 0.25) is 0 Å². The Hall–Kier alpha value is -2.80. The molecule has 4 rings (SSSR count). The van der Waals surface area contributed by atoms with Crippen molar-refractivity contribution in [3.63, 3.8) is 0 Å². The number of amides is 1. The van der Waals surface area contributed by atoms with E-state index in [4.69, 9.17) is 0 Å². The van der Waals surface area contributed by atoms with Crippen LogP contribution in [0.15, 0.2) is 48.5 Å². The molecule has 0 aliphatic rings. The van der Waals surface area contributed by atoms with Crippen LogP contribution < -0.4 is 5.32 Å². The molecule has 0 aliphatic heterocycles. The molecule has 7 heteroatoms. The number of carbonyl (C=O) groups excluding carboxylic acids is 1. The molecule has 2 aromatic heterocycles. The lowest BCUT2D eigenvalue weighted by Gasteiger charge is -2.09. The molecule has 2 heterocycles. The second-order valence-electron chi connectivity index (χ2n) is 6.34. The molecule has 2 aromatic carbocycles. The van der Waals surface area contributed by atoms with Crippen molar-refractivity contribution in [2.24, 2.45) is 0 Å². The number of thioether (sulfide) groups is 1. The molecule has 0 bridgehead atoms. The van der Waals surface area contributed by atoms with Crippen molar-refractivity contribution < 1.29 is 4.79 Å². The quantitative estimate of drug-likeness (QED) is 0.517. The van der Waals surface area contributed by atoms with Gasteiger partial charge in [-0.2, -0.15) is 11.8 Å². The van der Waals surface area contributed by atoms with Crippen LogP contribution in [0.25, 0.3) is 22.1 Å². The molecular weight excluding hydrogens is 358 g/mol. The first-order valence-electron chi connectivity index (χ1n) is 8.88. The molecule has 0 fully saturated rings. The summed E-state index contributed by atoms with van der Waals surface area (Å²) in [5.41, 5.74) is 3.89. The molecule has 0 unspecified atom stereocenters. The van der Waals surface area contributed by atoms with E-state index in [1.807, 2.05) is 59.4 Å². The normalized spacial score (nSPS) is 11.3. The zero-order valence-corrected chi connectivity index (χ0v) is 15.9. The van der Waals surface area contributed by atoms with Crippen LogP contribution in [0, 0.1) is 0 Å². The standard InChI is InChI=1S/C20H21N5OS/c1-27-13-19-24-16-8-4-5-9-17(16)25(19)12-20(26)21-11-10-18-22-14-6-2-3-7-15(14)23-18/h2-9H,10-13H2,1H3,(H,21,26)(H,22,23). The summed E-state index contributed by atoms with van der Waals surface area (Å²) in [5.74, 6) is 2.57. The van der Waals surface area contributed by atoms with Crippen LogP contribution in [0.5, 0.6) is 0 Å². The van der Waals surface area contributed by atoms with E-state index in [2.05, 4.69) is 20.3 Å². The molecule has 27 heavy (non-hydrogen) atoms. The van der Waals surface area contributed by atoms with Crippen LogP contribution in [-0.2, 0) is 23.5 Å². The Morgan fingerprint density at radius 1 is 1.11 bits per heavy atom. The molecule has 0 saturated carbocycles. The first-order chi connectivity index (χ1) is 13.2. The Kier molecular flexibility index (Phi) is 5.11. The van der Waals surface area contributed by atoms with E-state index in [0.717, 1.165) is 39.5 Å². The third-order valence-corrected chi connectivity index (χ3v) is 4.98. The molecule has 2 N–H and O–H groups in total. The van der Waals surface area contributed by atoms with Crippen molar-refractivity contribution in [2.75, 3.05) is 12.8 Å². The summed E-state index contributed by atoms with van der Waals surface area (Å²) in [6.45, 7) is 0.819. The van der Waals surface area contributed by atoms with Crippen LogP contribution in [0.4, 0.5) is 0 Å². The van der Waals surface area contributed by atoms with Gasteiger partial charge in [-0.15, -0.1) is 0 Å². The minimum Gasteiger partial charge on any atom is -0.354 e. The Labute approximate surface area is 161 Å². The van der Waals surface area contributed by atoms with Gasteiger partial charge in [0, 0.05) is 13.0 Å². The minimum atomic E-state index is -0.0170. The Balaban J connectivity index is 1.40. The monoisotopic (exact) mass is 379 g/mol. The summed E-state index contributed by atoms with van der Waals surface area (Å²) in [6.07, 6.45) is 2.71. The lowest BCUT2D eigenvalue weighted by Crippen LogP contribution is -2.30. The van der Waals surface area contributed by atoms with Gasteiger partial charge in [0.25, 0.3) is 0 Å². The molecule has 6 nitrogen and oxygen atoms in total. The molecule has 138 valence electrons. The smallest absolute Gasteiger partial charge is 0.240 e. The van der Waals surface area contributed by atoms with Crippen molar-refractivity contribution in [2.45, 2.75) is 18.7 Å². The lowest BCUT2D eigenvalue weighted by atomic mass is 10.3. The van der Waals surface area contributed by atoms with Gasteiger partial charge in [0.15, 0.2) is 0 Å². The van der Waals surface area contributed by atoms with Crippen molar-refractivity contribution in [3.8, 4) is 0 Å². The maximum atomic E-state index is 12.5. The Morgan fingerprint density at radius 3 is 2.70 bits per heavy atom. The second kappa shape index (κ2) is 7.84. The van der Waals surface area contributed by atoms with Crippen molar-refractivity contribution in [1.82, 2.24) is 24.8 Å². The fourth-order valence-corrected chi connectivity index (χ4v) is 3.66. The van der Waals surface area contributed by atoms with Gasteiger partial charge in [-0.1, -0.05) is 24.3 Å². The number of nitrogens with zero attached hydrogens (tertiary/aromatic N) is 3. The fraction of sp³-hybridized carbons (Fsp3) is 0.250. The van der Waals surface area contributed by atoms with Crippen LogP contribution in [-0.4, -0.2) is 38.2 Å². The predicted octanol–water partition coefficient (Wildman–Crippen LogP) is 3.13. The van der Waals surface area contributed by atoms with Crippen molar-refractivity contribution in [3.05, 3.63) is 60.2 Å². The summed E-state index contributed by atoms with van der Waals surface area (Å²) in [7, 11) is 0. The van der Waals surface area contributed by atoms with Crippen LogP contribution in [0.1, 0.15) is 11.6 Å². The number of benzene rings is 2. The third kappa shape index (κ3) is 3.83. The van der Waals surface area contributed by atoms with Gasteiger partial charge in [0.2, 0.25) is 5.91 Å². The largest absolute Gasteiger partial charge is 0.354 e. The summed E-state index contributed by atoms with van der Waals surface area (Å²) < 4.78 is 2.00. The van der Waals surface area contributed by atoms with Crippen LogP contribution >= 0.6 is 11.8 Å². The second-order valence-corrected chi connectivity index (χ2v) is 7.20. The molecule has 0 atom stereocenters. The number of imidazole rings is 2. The highest BCUT2D eigenvalue weighted by Crippen LogP contribution is 2.18. The zero-order valence-electron chi connectivity index (χ0n) is 15.1. The molecular formula is C20H21N5OS. The molecule has 0 spiro atoms. The Morgan fingerprint density at radius 2 is 1.89 bits per heavy atom. The summed E-state index contributed by atoms with van der Waals surface area (Å²) in [5, 5.41) is 2.99. The van der Waals surface area contributed by atoms with Gasteiger partial charge >= 0.3 is 0 Å². The third-order valence-electron chi connectivity index (χ3n) is 4.43. The number of nitrogens with one attached hydrogen (secondary N) is 2. The van der Waals surface area contributed by atoms with E-state index in [1.165, 1.54) is 0 Å². The van der Waals surface area contributed by atoms with Gasteiger partial charge in [-0.25, -0.2) is 9.97 Å². The highest BCUT2D eigenvalue weighted by molar-refractivity contribution is 7.97. The molecule has 4 aromatic rings. The number of fused-ring (bicyclic) bond motifs is 2. The lowest BCUT2D eigenvalue weighted by molar-refractivity contribution is -0.121. The summed E-state index contributed by atoms with van der Waals surface area (Å²) in [4.78, 5) is 25.0. The van der Waals surface area contributed by atoms with E-state index >= 15 is 0 Å². The molecule has 0 aliphatic carbocycles. The first kappa shape index (κ1) is 17.6. The zero-order chi connectivity index (χ0) is 18.6. The van der Waals surface area contributed by atoms with Gasteiger partial charge in [0.05, 0.1) is 27.8 Å². The molecule has 0 saturated heterocycles. The van der Waals surface area contributed by atoms with Crippen LogP contribution in [0.3, 0.4) is 0 Å². The Bertz CT molecular complexity index is 1050. The average Bonchev–Trinajstić information content (AvgIpc) is 3.23. The van der Waals surface area contributed by atoms with E-state index < -0.39 is 0 Å². The summed E-state index contributed by atoms with van der Waals surface area (Å²) in [6, 6.07) is 15.9. The van der Waals surface area contributed by atoms with Gasteiger partial charge in [-0.3, -0.25) is 4.79 Å². The number of hydrogen-bond donors (Lipinski definition) is 2. The van der Waals surface area contributed by atoms with Gasteiger partial charge in [0.1, 0.15) is 18.2 Å². The van der Waals surface area contributed by atoms with E-state index in [0.29, 0.717) is 13.0 Å². The number of aromatic amines is 1. The average molecular weight is 379 g/mol. The highest BCUT2D eigenvalue weighted by atomic mass is 32.2. The number of aromatic nitrogens is 4. The summed E-state index contributed by atoms with van der Waals surface area (Å²) >= 11 is 1.70. The van der Waals surface area contributed by atoms with E-state index in [-0.39, 0.29) is 12.5 Å². The van der Waals surface area contributed by atoms with Gasteiger partial charge in [-0.05, 0) is 30.5 Å². The maximum Gasteiger partial charge on any atom is 0.240 e.